The molecule has 3 N–H and O–H groups in total. The maximum atomic E-state index is 13.6. The Morgan fingerprint density at radius 1 is 0.891 bits per heavy atom. The number of fused-ring (bicyclic) bond motifs is 3. The molecule has 3 amide bonds. The molecule has 4 heterocycles. The zero-order valence-electron chi connectivity index (χ0n) is 27.0. The predicted octanol–water partition coefficient (Wildman–Crippen LogP) is 8.23. The second kappa shape index (κ2) is 11.8. The number of aromatic amines is 1. The number of piperidine rings is 1. The standard InChI is InChI=1S/C38H42N6O2/c1-24-5-12-30(13-6-24)44-35(23-34(42-44)38(2,3)4)41-37(46)40-29-10-7-25(8-11-29)19-26-20-31-14-15-32(21-26)43(31)36(45)28-9-16-33-27(22-28)17-18-39-33/h5-13,16-18,22-23,26,31-32,39H,14-15,19-21H2,1-4H3,(H2,40,41,46). The Kier molecular flexibility index (Phi) is 7.67. The SMILES string of the molecule is Cc1ccc(-n2nc(C(C)(C)C)cc2NC(=O)Nc2ccc(CC3CC4CCC(C3)N4C(=O)c3ccc4[nH]ccc4c3)cc2)cc1. The molecule has 0 spiro atoms. The van der Waals surface area contributed by atoms with Crippen molar-refractivity contribution in [2.24, 2.45) is 5.92 Å². The number of anilines is 2. The summed E-state index contributed by atoms with van der Waals surface area (Å²) in [6, 6.07) is 26.5. The monoisotopic (exact) mass is 614 g/mol. The van der Waals surface area contributed by atoms with Crippen molar-refractivity contribution in [2.75, 3.05) is 10.6 Å². The third-order valence-corrected chi connectivity index (χ3v) is 9.60. The van der Waals surface area contributed by atoms with Gasteiger partial charge in [0.05, 0.1) is 11.4 Å². The molecule has 46 heavy (non-hydrogen) atoms. The summed E-state index contributed by atoms with van der Waals surface area (Å²) in [5.74, 6) is 1.32. The minimum Gasteiger partial charge on any atom is -0.361 e. The minimum atomic E-state index is -0.314. The van der Waals surface area contributed by atoms with E-state index in [0.29, 0.717) is 23.8 Å². The van der Waals surface area contributed by atoms with E-state index >= 15 is 0 Å². The van der Waals surface area contributed by atoms with Crippen LogP contribution in [0.25, 0.3) is 16.6 Å². The molecule has 0 radical (unpaired) electrons. The molecule has 8 heteroatoms. The number of carbonyl (C=O) groups excluding carboxylic acids is 2. The molecule has 5 aromatic rings. The summed E-state index contributed by atoms with van der Waals surface area (Å²) >= 11 is 0. The number of carbonyl (C=O) groups is 2. The first-order valence-electron chi connectivity index (χ1n) is 16.3. The van der Waals surface area contributed by atoms with E-state index in [1.807, 2.05) is 79.9 Å². The number of nitrogens with zero attached hydrogens (tertiary/aromatic N) is 3. The molecular formula is C38H42N6O2. The van der Waals surface area contributed by atoms with Crippen molar-refractivity contribution in [1.29, 1.82) is 0 Å². The van der Waals surface area contributed by atoms with Crippen LogP contribution in [0.5, 0.6) is 0 Å². The summed E-state index contributed by atoms with van der Waals surface area (Å²) < 4.78 is 1.79. The molecule has 2 aliphatic rings. The number of hydrogen-bond acceptors (Lipinski definition) is 3. The van der Waals surface area contributed by atoms with E-state index in [4.69, 9.17) is 5.10 Å². The van der Waals surface area contributed by atoms with E-state index in [-0.39, 0.29) is 17.4 Å². The lowest BCUT2D eigenvalue weighted by molar-refractivity contribution is 0.0524. The number of H-pyrrole nitrogens is 1. The van der Waals surface area contributed by atoms with Crippen LogP contribution in [0.1, 0.15) is 73.6 Å². The van der Waals surface area contributed by atoms with Gasteiger partial charge in [0.1, 0.15) is 5.82 Å². The van der Waals surface area contributed by atoms with Crippen LogP contribution in [0.4, 0.5) is 16.3 Å². The first-order chi connectivity index (χ1) is 22.1. The Bertz CT molecular complexity index is 1870. The van der Waals surface area contributed by atoms with E-state index in [2.05, 4.69) is 53.4 Å². The number of nitrogens with one attached hydrogen (secondary N) is 3. The molecule has 2 bridgehead atoms. The third-order valence-electron chi connectivity index (χ3n) is 9.60. The predicted molar refractivity (Wildman–Crippen MR) is 184 cm³/mol. The van der Waals surface area contributed by atoms with Crippen molar-refractivity contribution in [3.63, 3.8) is 0 Å². The topological polar surface area (TPSA) is 95.1 Å². The molecule has 0 aliphatic carbocycles. The van der Waals surface area contributed by atoms with Crippen LogP contribution in [-0.4, -0.2) is 43.7 Å². The Labute approximate surface area is 270 Å². The van der Waals surface area contributed by atoms with Crippen LogP contribution in [0.3, 0.4) is 0 Å². The van der Waals surface area contributed by atoms with Gasteiger partial charge in [0.15, 0.2) is 0 Å². The average Bonchev–Trinajstić information content (AvgIpc) is 3.74. The van der Waals surface area contributed by atoms with Gasteiger partial charge in [0.25, 0.3) is 5.91 Å². The second-order valence-electron chi connectivity index (χ2n) is 14.1. The highest BCUT2D eigenvalue weighted by molar-refractivity contribution is 6.00. The van der Waals surface area contributed by atoms with Gasteiger partial charge in [-0.25, -0.2) is 9.48 Å². The number of benzene rings is 3. The zero-order valence-corrected chi connectivity index (χ0v) is 27.0. The van der Waals surface area contributed by atoms with Crippen LogP contribution in [-0.2, 0) is 11.8 Å². The second-order valence-corrected chi connectivity index (χ2v) is 14.1. The Balaban J connectivity index is 0.971. The smallest absolute Gasteiger partial charge is 0.324 e. The summed E-state index contributed by atoms with van der Waals surface area (Å²) in [6.07, 6.45) is 7.11. The molecule has 2 fully saturated rings. The van der Waals surface area contributed by atoms with Crippen molar-refractivity contribution < 1.29 is 9.59 Å². The Hall–Kier alpha value is -4.85. The zero-order chi connectivity index (χ0) is 32.0. The summed E-state index contributed by atoms with van der Waals surface area (Å²) in [6.45, 7) is 8.38. The lowest BCUT2D eigenvalue weighted by Gasteiger charge is -2.39. The largest absolute Gasteiger partial charge is 0.361 e. The highest BCUT2D eigenvalue weighted by Gasteiger charge is 2.43. The van der Waals surface area contributed by atoms with Gasteiger partial charge in [-0.2, -0.15) is 5.10 Å². The van der Waals surface area contributed by atoms with E-state index in [1.165, 1.54) is 5.56 Å². The average molecular weight is 615 g/mol. The molecule has 0 saturated carbocycles. The number of aromatic nitrogens is 3. The van der Waals surface area contributed by atoms with Gasteiger partial charge in [-0.05, 0) is 99.0 Å². The fraction of sp³-hybridized carbons (Fsp3) is 0.342. The van der Waals surface area contributed by atoms with Gasteiger partial charge in [-0.1, -0.05) is 50.6 Å². The number of amides is 3. The quantitative estimate of drug-likeness (QED) is 0.180. The first-order valence-corrected chi connectivity index (χ1v) is 16.3. The van der Waals surface area contributed by atoms with Gasteiger partial charge >= 0.3 is 6.03 Å². The fourth-order valence-corrected chi connectivity index (χ4v) is 7.18. The molecule has 2 unspecified atom stereocenters. The van der Waals surface area contributed by atoms with Gasteiger partial charge in [-0.3, -0.25) is 10.1 Å². The van der Waals surface area contributed by atoms with Gasteiger partial charge in [0, 0.05) is 51.9 Å². The first kappa shape index (κ1) is 29.8. The lowest BCUT2D eigenvalue weighted by Crippen LogP contribution is -2.46. The van der Waals surface area contributed by atoms with Gasteiger partial charge < -0.3 is 15.2 Å². The van der Waals surface area contributed by atoms with Crippen molar-refractivity contribution >= 4 is 34.3 Å². The maximum Gasteiger partial charge on any atom is 0.324 e. The van der Waals surface area contributed by atoms with Gasteiger partial charge in [-0.15, -0.1) is 0 Å². The summed E-state index contributed by atoms with van der Waals surface area (Å²) in [7, 11) is 0. The van der Waals surface area contributed by atoms with Crippen LogP contribution in [0, 0.1) is 12.8 Å². The van der Waals surface area contributed by atoms with Crippen LogP contribution in [0.15, 0.2) is 85.1 Å². The highest BCUT2D eigenvalue weighted by Crippen LogP contribution is 2.41. The van der Waals surface area contributed by atoms with Crippen molar-refractivity contribution in [3.05, 3.63) is 107 Å². The van der Waals surface area contributed by atoms with E-state index in [1.54, 1.807) is 4.68 Å². The van der Waals surface area contributed by atoms with E-state index in [0.717, 1.165) is 71.2 Å². The van der Waals surface area contributed by atoms with Crippen LogP contribution in [0.2, 0.25) is 0 Å². The molecule has 3 aromatic carbocycles. The molecular weight excluding hydrogens is 572 g/mol. The van der Waals surface area contributed by atoms with E-state index < -0.39 is 0 Å². The summed E-state index contributed by atoms with van der Waals surface area (Å²) in [5, 5.41) is 11.9. The number of hydrogen-bond donors (Lipinski definition) is 3. The van der Waals surface area contributed by atoms with E-state index in [9.17, 15) is 9.59 Å². The lowest BCUT2D eigenvalue weighted by atomic mass is 9.85. The molecule has 2 atom stereocenters. The van der Waals surface area contributed by atoms with Crippen molar-refractivity contribution in [2.45, 2.75) is 77.3 Å². The Morgan fingerprint density at radius 3 is 2.30 bits per heavy atom. The Morgan fingerprint density at radius 2 is 1.61 bits per heavy atom. The van der Waals surface area contributed by atoms with Crippen LogP contribution < -0.4 is 10.6 Å². The molecule has 2 aromatic heterocycles. The fourth-order valence-electron chi connectivity index (χ4n) is 7.18. The van der Waals surface area contributed by atoms with Crippen LogP contribution >= 0.6 is 0 Å². The molecule has 7 rings (SSSR count). The molecule has 8 nitrogen and oxygen atoms in total. The van der Waals surface area contributed by atoms with Crippen molar-refractivity contribution in [1.82, 2.24) is 19.7 Å². The number of rotatable bonds is 6. The summed E-state index contributed by atoms with van der Waals surface area (Å²) in [5.41, 5.74) is 6.61. The van der Waals surface area contributed by atoms with Gasteiger partial charge in [0.2, 0.25) is 0 Å². The minimum absolute atomic E-state index is 0.165. The third kappa shape index (κ3) is 6.04. The maximum absolute atomic E-state index is 13.6. The normalized spacial score (nSPS) is 19.4. The molecule has 2 saturated heterocycles. The molecule has 236 valence electrons. The number of urea groups is 1. The highest BCUT2D eigenvalue weighted by atomic mass is 16.2. The number of aryl methyl sites for hydroxylation is 1. The van der Waals surface area contributed by atoms with Crippen molar-refractivity contribution in [3.8, 4) is 5.69 Å². The summed E-state index contributed by atoms with van der Waals surface area (Å²) in [4.78, 5) is 32.0. The molecule has 2 aliphatic heterocycles.